The second-order valence-corrected chi connectivity index (χ2v) is 7.06. The third kappa shape index (κ3) is 4.61. The van der Waals surface area contributed by atoms with Crippen LogP contribution in [0.4, 0.5) is 0 Å². The van der Waals surface area contributed by atoms with Gasteiger partial charge in [0.05, 0.1) is 30.4 Å². The smallest absolute Gasteiger partial charge is 0.191 e. The van der Waals surface area contributed by atoms with Crippen LogP contribution >= 0.6 is 11.6 Å². The molecule has 0 spiro atoms. The van der Waals surface area contributed by atoms with E-state index >= 15 is 0 Å². The average molecular weight is 356 g/mol. The summed E-state index contributed by atoms with van der Waals surface area (Å²) in [6, 6.07) is 4.13. The summed E-state index contributed by atoms with van der Waals surface area (Å²) in [5, 5.41) is 0.636. The first-order valence-electron chi connectivity index (χ1n) is 8.54. The molecule has 0 amide bonds. The summed E-state index contributed by atoms with van der Waals surface area (Å²) >= 11 is 6.45. The van der Waals surface area contributed by atoms with E-state index < -0.39 is 0 Å². The van der Waals surface area contributed by atoms with Crippen LogP contribution in [0.5, 0.6) is 5.75 Å². The Morgan fingerprint density at radius 3 is 2.46 bits per heavy atom. The number of morpholine rings is 1. The van der Waals surface area contributed by atoms with Gasteiger partial charge in [0.2, 0.25) is 0 Å². The molecule has 2 aliphatic rings. The summed E-state index contributed by atoms with van der Waals surface area (Å²) in [5.41, 5.74) is 2.23. The fourth-order valence-electron chi connectivity index (χ4n) is 3.40. The number of ether oxygens (including phenoxy) is 4. The molecule has 1 unspecified atom stereocenters. The van der Waals surface area contributed by atoms with E-state index in [2.05, 4.69) is 24.8 Å². The maximum Gasteiger partial charge on any atom is 0.191 e. The van der Waals surface area contributed by atoms with Crippen LogP contribution in [0.2, 0.25) is 5.02 Å². The van der Waals surface area contributed by atoms with Crippen molar-refractivity contribution in [2.45, 2.75) is 45.8 Å². The molecule has 0 bridgehead atoms. The number of rotatable bonds is 5. The van der Waals surface area contributed by atoms with E-state index in [0.717, 1.165) is 25.2 Å². The molecule has 24 heavy (non-hydrogen) atoms. The molecule has 2 saturated heterocycles. The van der Waals surface area contributed by atoms with E-state index in [1.165, 1.54) is 5.56 Å². The van der Waals surface area contributed by atoms with Gasteiger partial charge in [0.25, 0.3) is 0 Å². The summed E-state index contributed by atoms with van der Waals surface area (Å²) in [7, 11) is 0. The normalized spacial score (nSPS) is 26.0. The molecular formula is C18H26ClNO4. The number of benzene rings is 1. The first kappa shape index (κ1) is 18.0. The Balaban J connectivity index is 1.63. The summed E-state index contributed by atoms with van der Waals surface area (Å²) < 4.78 is 22.4. The second-order valence-electron chi connectivity index (χ2n) is 6.66. The molecule has 0 N–H and O–H groups in total. The Hall–Kier alpha value is -0.850. The lowest BCUT2D eigenvalue weighted by molar-refractivity contribution is -0.0705. The van der Waals surface area contributed by atoms with Crippen LogP contribution < -0.4 is 4.74 Å². The Bertz CT molecular complexity index is 529. The summed E-state index contributed by atoms with van der Waals surface area (Å²) in [6.07, 6.45) is 0.232. The molecule has 5 nitrogen and oxygen atoms in total. The van der Waals surface area contributed by atoms with E-state index in [-0.39, 0.29) is 18.5 Å². The van der Waals surface area contributed by atoms with Crippen molar-refractivity contribution in [1.82, 2.24) is 4.90 Å². The lowest BCUT2D eigenvalue weighted by Gasteiger charge is -2.35. The third-order valence-electron chi connectivity index (χ3n) is 4.25. The summed E-state index contributed by atoms with van der Waals surface area (Å²) in [6.45, 7) is 10.6. The molecule has 3 rings (SSSR count). The Labute approximate surface area is 148 Å². The van der Waals surface area contributed by atoms with Gasteiger partial charge in [-0.3, -0.25) is 4.90 Å². The molecule has 2 fully saturated rings. The number of hydrogen-bond donors (Lipinski definition) is 0. The van der Waals surface area contributed by atoms with Gasteiger partial charge in [0.1, 0.15) is 12.4 Å². The molecule has 1 aromatic rings. The van der Waals surface area contributed by atoms with Crippen LogP contribution in [-0.4, -0.2) is 56.3 Å². The van der Waals surface area contributed by atoms with Crippen LogP contribution in [0, 0.1) is 6.92 Å². The first-order valence-corrected chi connectivity index (χ1v) is 8.92. The standard InChI is InChI=1S/C18H26ClNO4/c1-12-6-15(10-20-8-13(2)24-14(3)9-20)7-16(19)18(12)23-11-17-21-4-5-22-17/h6-7,13-14,17H,4-5,8-11H2,1-3H3/t13-,14?/m0/s1. The van der Waals surface area contributed by atoms with Gasteiger partial charge in [0.15, 0.2) is 6.29 Å². The van der Waals surface area contributed by atoms with Gasteiger partial charge in [0, 0.05) is 19.6 Å². The molecule has 134 valence electrons. The number of aryl methyl sites for hydroxylation is 1. The molecule has 0 radical (unpaired) electrons. The van der Waals surface area contributed by atoms with Gasteiger partial charge in [-0.05, 0) is 38.0 Å². The molecular weight excluding hydrogens is 330 g/mol. The zero-order valence-corrected chi connectivity index (χ0v) is 15.3. The maximum absolute atomic E-state index is 6.45. The molecule has 2 aliphatic heterocycles. The minimum Gasteiger partial charge on any atom is -0.486 e. The Morgan fingerprint density at radius 2 is 1.83 bits per heavy atom. The Morgan fingerprint density at radius 1 is 1.17 bits per heavy atom. The van der Waals surface area contributed by atoms with Crippen molar-refractivity contribution >= 4 is 11.6 Å². The van der Waals surface area contributed by atoms with Crippen molar-refractivity contribution < 1.29 is 18.9 Å². The van der Waals surface area contributed by atoms with E-state index in [0.29, 0.717) is 30.6 Å². The second kappa shape index (κ2) is 8.02. The number of hydrogen-bond acceptors (Lipinski definition) is 5. The van der Waals surface area contributed by atoms with E-state index in [9.17, 15) is 0 Å². The average Bonchev–Trinajstić information content (AvgIpc) is 2.98. The topological polar surface area (TPSA) is 40.2 Å². The van der Waals surface area contributed by atoms with Gasteiger partial charge in [-0.1, -0.05) is 17.7 Å². The van der Waals surface area contributed by atoms with Gasteiger partial charge in [-0.25, -0.2) is 0 Å². The van der Waals surface area contributed by atoms with Crippen LogP contribution in [0.25, 0.3) is 0 Å². The van der Waals surface area contributed by atoms with Crippen molar-refractivity contribution in [2.24, 2.45) is 0 Å². The quantitative estimate of drug-likeness (QED) is 0.812. The summed E-state index contributed by atoms with van der Waals surface area (Å²) in [4.78, 5) is 2.41. The SMILES string of the molecule is Cc1cc(CN2CC(C)O[C@@H](C)C2)cc(Cl)c1OCC1OCCO1. The first-order chi connectivity index (χ1) is 11.5. The van der Waals surface area contributed by atoms with Gasteiger partial charge in [-0.2, -0.15) is 0 Å². The fraction of sp³-hybridized carbons (Fsp3) is 0.667. The predicted octanol–water partition coefficient (Wildman–Crippen LogP) is 3.01. The van der Waals surface area contributed by atoms with Crippen LogP contribution in [0.15, 0.2) is 12.1 Å². The zero-order valence-electron chi connectivity index (χ0n) is 14.6. The van der Waals surface area contributed by atoms with Gasteiger partial charge < -0.3 is 18.9 Å². The highest BCUT2D eigenvalue weighted by Gasteiger charge is 2.23. The number of halogens is 1. The molecule has 1 aromatic carbocycles. The molecule has 6 heteroatoms. The van der Waals surface area contributed by atoms with Crippen LogP contribution in [-0.2, 0) is 20.8 Å². The van der Waals surface area contributed by atoms with E-state index in [1.54, 1.807) is 0 Å². The molecule has 2 heterocycles. The van der Waals surface area contributed by atoms with Crippen molar-refractivity contribution in [3.63, 3.8) is 0 Å². The van der Waals surface area contributed by atoms with Crippen LogP contribution in [0.1, 0.15) is 25.0 Å². The maximum atomic E-state index is 6.45. The molecule has 0 aromatic heterocycles. The van der Waals surface area contributed by atoms with Gasteiger partial charge in [-0.15, -0.1) is 0 Å². The lowest BCUT2D eigenvalue weighted by atomic mass is 10.1. The molecule has 0 aliphatic carbocycles. The highest BCUT2D eigenvalue weighted by atomic mass is 35.5. The zero-order chi connectivity index (χ0) is 17.1. The van der Waals surface area contributed by atoms with Crippen molar-refractivity contribution in [3.8, 4) is 5.75 Å². The monoisotopic (exact) mass is 355 g/mol. The largest absolute Gasteiger partial charge is 0.486 e. The van der Waals surface area contributed by atoms with Crippen molar-refractivity contribution in [2.75, 3.05) is 32.9 Å². The Kier molecular flexibility index (Phi) is 6.00. The van der Waals surface area contributed by atoms with Crippen molar-refractivity contribution in [1.29, 1.82) is 0 Å². The van der Waals surface area contributed by atoms with Gasteiger partial charge >= 0.3 is 0 Å². The van der Waals surface area contributed by atoms with E-state index in [4.69, 9.17) is 30.5 Å². The minimum atomic E-state index is -0.295. The van der Waals surface area contributed by atoms with Crippen molar-refractivity contribution in [3.05, 3.63) is 28.3 Å². The highest BCUT2D eigenvalue weighted by Crippen LogP contribution is 2.31. The van der Waals surface area contributed by atoms with Crippen LogP contribution in [0.3, 0.4) is 0 Å². The lowest BCUT2D eigenvalue weighted by Crippen LogP contribution is -2.44. The fourth-order valence-corrected chi connectivity index (χ4v) is 3.75. The number of nitrogens with zero attached hydrogens (tertiary/aromatic N) is 1. The highest BCUT2D eigenvalue weighted by molar-refractivity contribution is 6.32. The molecule has 0 saturated carbocycles. The third-order valence-corrected chi connectivity index (χ3v) is 4.53. The van der Waals surface area contributed by atoms with E-state index in [1.807, 2.05) is 13.0 Å². The minimum absolute atomic E-state index is 0.263. The summed E-state index contributed by atoms with van der Waals surface area (Å²) in [5.74, 6) is 0.711. The molecule has 2 atom stereocenters. The predicted molar refractivity (Wildman–Crippen MR) is 92.7 cm³/mol.